The molecule has 2 aliphatic carbocycles. The van der Waals surface area contributed by atoms with E-state index in [9.17, 15) is 18.0 Å². The van der Waals surface area contributed by atoms with Crippen molar-refractivity contribution < 1.29 is 27.4 Å². The molecule has 1 N–H and O–H groups in total. The number of halogens is 3. The maximum absolute atomic E-state index is 12.9. The van der Waals surface area contributed by atoms with Crippen LogP contribution in [0.2, 0.25) is 0 Å². The Morgan fingerprint density at radius 1 is 1.36 bits per heavy atom. The summed E-state index contributed by atoms with van der Waals surface area (Å²) in [4.78, 5) is 19.5. The summed E-state index contributed by atoms with van der Waals surface area (Å²) in [5.41, 5.74) is 3.64. The molecule has 1 aliphatic heterocycles. The normalized spacial score (nSPS) is 28.0. The summed E-state index contributed by atoms with van der Waals surface area (Å²) in [5.74, 6) is 0.380. The smallest absolute Gasteiger partial charge is 0.411 e. The van der Waals surface area contributed by atoms with Gasteiger partial charge in [0.2, 0.25) is 0 Å². The van der Waals surface area contributed by atoms with Gasteiger partial charge in [0.25, 0.3) is 5.91 Å². The third kappa shape index (κ3) is 7.30. The number of nitrogens with zero attached hydrogens (tertiary/aromatic N) is 2. The number of ether oxygens (including phenoxy) is 2. The number of aliphatic imine (C=N–C) groups is 1. The van der Waals surface area contributed by atoms with Gasteiger partial charge in [0.15, 0.2) is 6.10 Å². The lowest BCUT2D eigenvalue weighted by atomic mass is 9.85. The number of amides is 1. The molecular formula is C24H32F3N3O3. The molecule has 0 saturated heterocycles. The number of carbonyl (C=O) groups excluding carboxylic acids is 1. The minimum Gasteiger partial charge on any atom is -0.477 e. The Labute approximate surface area is 192 Å². The molecule has 182 valence electrons. The molecular weight excluding hydrogens is 435 g/mol. The van der Waals surface area contributed by atoms with Gasteiger partial charge in [-0.15, -0.1) is 0 Å². The van der Waals surface area contributed by atoms with Crippen LogP contribution < -0.4 is 5.32 Å². The van der Waals surface area contributed by atoms with E-state index in [-0.39, 0.29) is 18.9 Å². The summed E-state index contributed by atoms with van der Waals surface area (Å²) in [6.07, 6.45) is 3.21. The van der Waals surface area contributed by atoms with Crippen LogP contribution in [0, 0.1) is 5.92 Å². The van der Waals surface area contributed by atoms with Gasteiger partial charge in [-0.05, 0) is 51.4 Å². The average Bonchev–Trinajstić information content (AvgIpc) is 2.74. The Balaban J connectivity index is 1.66. The predicted molar refractivity (Wildman–Crippen MR) is 121 cm³/mol. The van der Waals surface area contributed by atoms with Crippen molar-refractivity contribution in [1.29, 1.82) is 0 Å². The summed E-state index contributed by atoms with van der Waals surface area (Å²) in [7, 11) is 4.03. The molecule has 0 spiro atoms. The van der Waals surface area contributed by atoms with E-state index in [0.717, 1.165) is 24.3 Å². The first-order chi connectivity index (χ1) is 15.5. The van der Waals surface area contributed by atoms with Gasteiger partial charge in [0, 0.05) is 13.0 Å². The summed E-state index contributed by atoms with van der Waals surface area (Å²) < 4.78 is 47.9. The van der Waals surface area contributed by atoms with Crippen LogP contribution in [-0.4, -0.2) is 68.7 Å². The van der Waals surface area contributed by atoms with Gasteiger partial charge >= 0.3 is 6.18 Å². The van der Waals surface area contributed by atoms with E-state index in [1.165, 1.54) is 11.6 Å². The highest BCUT2D eigenvalue weighted by Crippen LogP contribution is 2.28. The van der Waals surface area contributed by atoms with E-state index in [2.05, 4.69) is 41.2 Å². The molecule has 0 saturated carbocycles. The van der Waals surface area contributed by atoms with E-state index in [4.69, 9.17) is 9.47 Å². The van der Waals surface area contributed by atoms with Crippen molar-refractivity contribution in [2.24, 2.45) is 10.9 Å². The van der Waals surface area contributed by atoms with Crippen LogP contribution in [0.3, 0.4) is 0 Å². The molecule has 0 aromatic carbocycles. The second-order valence-corrected chi connectivity index (χ2v) is 9.00. The second kappa shape index (κ2) is 10.7. The lowest BCUT2D eigenvalue weighted by Crippen LogP contribution is -2.41. The zero-order valence-corrected chi connectivity index (χ0v) is 19.5. The van der Waals surface area contributed by atoms with Crippen LogP contribution in [-0.2, 0) is 14.3 Å². The van der Waals surface area contributed by atoms with E-state index in [1.807, 2.05) is 14.1 Å². The van der Waals surface area contributed by atoms with Crippen LogP contribution in [0.4, 0.5) is 13.2 Å². The van der Waals surface area contributed by atoms with E-state index in [1.54, 1.807) is 6.08 Å². The third-order valence-corrected chi connectivity index (χ3v) is 5.85. The Kier molecular flexibility index (Phi) is 8.18. The fourth-order valence-corrected chi connectivity index (χ4v) is 3.81. The van der Waals surface area contributed by atoms with Gasteiger partial charge in [-0.25, -0.2) is 4.99 Å². The maximum atomic E-state index is 12.9. The van der Waals surface area contributed by atoms with Crippen LogP contribution in [0.15, 0.2) is 51.9 Å². The third-order valence-electron chi connectivity index (χ3n) is 5.85. The van der Waals surface area contributed by atoms with Gasteiger partial charge in [-0.2, -0.15) is 13.2 Å². The predicted octanol–water partition coefficient (Wildman–Crippen LogP) is 3.93. The summed E-state index contributed by atoms with van der Waals surface area (Å²) in [6.45, 7) is 4.01. The van der Waals surface area contributed by atoms with Crippen molar-refractivity contribution in [3.05, 3.63) is 46.9 Å². The SMILES string of the molecule is CC1=CC(=CCCN(C)C)C(=NC(=O)C2CNC3=C(C=CC(OCC(F)(F)F)C3)O2)CC1C. The van der Waals surface area contributed by atoms with Crippen molar-refractivity contribution in [1.82, 2.24) is 10.2 Å². The molecule has 0 bridgehead atoms. The van der Waals surface area contributed by atoms with Crippen LogP contribution >= 0.6 is 0 Å². The van der Waals surface area contributed by atoms with Gasteiger partial charge in [-0.3, -0.25) is 4.79 Å². The number of rotatable bonds is 6. The fraction of sp³-hybridized carbons (Fsp3) is 0.583. The van der Waals surface area contributed by atoms with Crippen LogP contribution in [0.25, 0.3) is 0 Å². The lowest BCUT2D eigenvalue weighted by Gasteiger charge is -2.31. The molecule has 3 unspecified atom stereocenters. The summed E-state index contributed by atoms with van der Waals surface area (Å²) in [6, 6.07) is 0. The average molecular weight is 468 g/mol. The Morgan fingerprint density at radius 3 is 2.82 bits per heavy atom. The monoisotopic (exact) mass is 467 g/mol. The molecule has 1 heterocycles. The van der Waals surface area contributed by atoms with E-state index < -0.39 is 25.0 Å². The van der Waals surface area contributed by atoms with Gasteiger partial charge in [-0.1, -0.05) is 30.7 Å². The molecule has 9 heteroatoms. The number of hydrogen-bond donors (Lipinski definition) is 1. The zero-order valence-electron chi connectivity index (χ0n) is 19.5. The topological polar surface area (TPSA) is 63.2 Å². The Bertz CT molecular complexity index is 900. The number of alkyl halides is 3. The minimum absolute atomic E-state index is 0.207. The maximum Gasteiger partial charge on any atom is 0.411 e. The zero-order chi connectivity index (χ0) is 24.2. The molecule has 0 aromatic heterocycles. The number of nitrogens with one attached hydrogen (secondary N) is 1. The fourth-order valence-electron chi connectivity index (χ4n) is 3.81. The number of allylic oxidation sites excluding steroid dienone is 4. The molecule has 33 heavy (non-hydrogen) atoms. The van der Waals surface area contributed by atoms with Gasteiger partial charge in [0.1, 0.15) is 12.4 Å². The molecule has 0 aromatic rings. The first kappa shape index (κ1) is 25.2. The van der Waals surface area contributed by atoms with Crippen molar-refractivity contribution >= 4 is 11.6 Å². The summed E-state index contributed by atoms with van der Waals surface area (Å²) >= 11 is 0. The largest absolute Gasteiger partial charge is 0.477 e. The standard InChI is InChI=1S/C24H32F3N3O3/c1-15-10-17(6-5-9-30(3)4)19(11-16(15)2)29-23(31)22-13-28-20-12-18(7-8-21(20)33-22)32-14-24(25,26)27/h6-8,10,16,18,22,28H,5,9,11-14H2,1-4H3. The molecule has 1 amide bonds. The molecule has 6 nitrogen and oxygen atoms in total. The molecule has 0 fully saturated rings. The van der Waals surface area contributed by atoms with Crippen molar-refractivity contribution in [3.63, 3.8) is 0 Å². The molecule has 0 radical (unpaired) electrons. The lowest BCUT2D eigenvalue weighted by molar-refractivity contribution is -0.181. The van der Waals surface area contributed by atoms with E-state index >= 15 is 0 Å². The summed E-state index contributed by atoms with van der Waals surface area (Å²) in [5, 5.41) is 3.11. The Hall–Kier alpha value is -2.39. The number of carbonyl (C=O) groups is 1. The molecule has 3 atom stereocenters. The Morgan fingerprint density at radius 2 is 2.12 bits per heavy atom. The van der Waals surface area contributed by atoms with Crippen molar-refractivity contribution in [3.8, 4) is 0 Å². The minimum atomic E-state index is -4.38. The number of hydrogen-bond acceptors (Lipinski definition) is 5. The van der Waals surface area contributed by atoms with Gasteiger partial charge < -0.3 is 19.7 Å². The molecule has 3 aliphatic rings. The van der Waals surface area contributed by atoms with Gasteiger partial charge in [0.05, 0.1) is 24.1 Å². The highest BCUT2D eigenvalue weighted by Gasteiger charge is 2.33. The first-order valence-electron chi connectivity index (χ1n) is 11.2. The highest BCUT2D eigenvalue weighted by atomic mass is 19.4. The highest BCUT2D eigenvalue weighted by molar-refractivity contribution is 6.09. The van der Waals surface area contributed by atoms with E-state index in [0.29, 0.717) is 23.8 Å². The van der Waals surface area contributed by atoms with Crippen LogP contribution in [0.5, 0.6) is 0 Å². The van der Waals surface area contributed by atoms with Crippen molar-refractivity contribution in [2.45, 2.75) is 51.5 Å². The first-order valence-corrected chi connectivity index (χ1v) is 11.2. The van der Waals surface area contributed by atoms with Crippen molar-refractivity contribution in [2.75, 3.05) is 33.8 Å². The second-order valence-electron chi connectivity index (χ2n) is 9.00. The van der Waals surface area contributed by atoms with Crippen LogP contribution in [0.1, 0.15) is 33.1 Å². The quantitative estimate of drug-likeness (QED) is 0.642. The molecule has 3 rings (SSSR count).